The Kier molecular flexibility index (Phi) is 3.81. The zero-order valence-electron chi connectivity index (χ0n) is 7.57. The molecule has 5 nitrogen and oxygen atoms in total. The zero-order valence-corrected chi connectivity index (χ0v) is 9.15. The molecule has 0 spiro atoms. The van der Waals surface area contributed by atoms with Gasteiger partial charge in [0.25, 0.3) is 0 Å². The average Bonchev–Trinajstić information content (AvgIpc) is 2.22. The van der Waals surface area contributed by atoms with Gasteiger partial charge in [-0.3, -0.25) is 9.59 Å². The number of nitrogens with two attached hydrogens (primary N) is 1. The Bertz CT molecular complexity index is 405. The number of halogens is 1. The molecule has 0 atom stereocenters. The molecule has 0 unspecified atom stereocenters. The summed E-state index contributed by atoms with van der Waals surface area (Å²) in [6.07, 6.45) is 0.458. The first-order valence-electron chi connectivity index (χ1n) is 3.97. The second-order valence-corrected chi connectivity index (χ2v) is 3.55. The van der Waals surface area contributed by atoms with Gasteiger partial charge < -0.3 is 15.6 Å². The Hall–Kier alpha value is -1.40. The lowest BCUT2D eigenvalue weighted by molar-refractivity contribution is -0.132. The molecule has 0 bridgehead atoms. The third-order valence-electron chi connectivity index (χ3n) is 1.59. The zero-order chi connectivity index (χ0) is 11.4. The monoisotopic (exact) mass is 273 g/mol. The number of aldehydes is 1. The molecular weight excluding hydrogens is 266 g/mol. The maximum Gasteiger partial charge on any atom is 0.325 e. The molecule has 15 heavy (non-hydrogen) atoms. The van der Waals surface area contributed by atoms with Crippen molar-refractivity contribution in [2.75, 3.05) is 6.54 Å². The number of ether oxygens (including phenoxy) is 1. The van der Waals surface area contributed by atoms with E-state index in [1.54, 1.807) is 0 Å². The van der Waals surface area contributed by atoms with Crippen LogP contribution in [0.25, 0.3) is 0 Å². The van der Waals surface area contributed by atoms with Crippen molar-refractivity contribution < 1.29 is 19.4 Å². The topological polar surface area (TPSA) is 89.6 Å². The van der Waals surface area contributed by atoms with Gasteiger partial charge in [0, 0.05) is 4.47 Å². The van der Waals surface area contributed by atoms with Gasteiger partial charge in [-0.05, 0) is 12.1 Å². The second-order valence-electron chi connectivity index (χ2n) is 2.64. The number of benzene rings is 1. The standard InChI is InChI=1S/C9H8BrNO4/c10-6-1-5(4-12)9(14)7(2-6)15-8(13)3-11/h1-2,4,14H,3,11H2. The molecule has 0 saturated heterocycles. The van der Waals surface area contributed by atoms with E-state index in [1.165, 1.54) is 12.1 Å². The van der Waals surface area contributed by atoms with Crippen LogP contribution >= 0.6 is 15.9 Å². The smallest absolute Gasteiger partial charge is 0.325 e. The highest BCUT2D eigenvalue weighted by Gasteiger charge is 2.12. The predicted octanol–water partition coefficient (Wildman–Crippen LogP) is 0.831. The Morgan fingerprint density at radius 3 is 2.80 bits per heavy atom. The third-order valence-corrected chi connectivity index (χ3v) is 2.04. The summed E-state index contributed by atoms with van der Waals surface area (Å²) in [5.41, 5.74) is 5.07. The first kappa shape index (κ1) is 11.7. The van der Waals surface area contributed by atoms with E-state index in [1.807, 2.05) is 0 Å². The van der Waals surface area contributed by atoms with Crippen molar-refractivity contribution in [1.29, 1.82) is 0 Å². The van der Waals surface area contributed by atoms with Crippen molar-refractivity contribution in [2.45, 2.75) is 0 Å². The first-order chi connectivity index (χ1) is 7.08. The van der Waals surface area contributed by atoms with Crippen LogP contribution in [0.2, 0.25) is 0 Å². The van der Waals surface area contributed by atoms with Crippen LogP contribution < -0.4 is 10.5 Å². The minimum absolute atomic E-state index is 0.0317. The van der Waals surface area contributed by atoms with E-state index >= 15 is 0 Å². The molecule has 1 aromatic rings. The highest BCUT2D eigenvalue weighted by Crippen LogP contribution is 2.32. The van der Waals surface area contributed by atoms with E-state index in [-0.39, 0.29) is 23.6 Å². The van der Waals surface area contributed by atoms with Gasteiger partial charge in [0.05, 0.1) is 12.1 Å². The summed E-state index contributed by atoms with van der Waals surface area (Å²) in [4.78, 5) is 21.4. The number of carbonyl (C=O) groups excluding carboxylic acids is 2. The highest BCUT2D eigenvalue weighted by molar-refractivity contribution is 9.10. The number of rotatable bonds is 3. The molecule has 0 aromatic heterocycles. The fourth-order valence-electron chi connectivity index (χ4n) is 0.926. The van der Waals surface area contributed by atoms with Gasteiger partial charge in [-0.15, -0.1) is 0 Å². The number of esters is 1. The molecule has 0 amide bonds. The number of phenols is 1. The molecule has 1 aromatic carbocycles. The van der Waals surface area contributed by atoms with Gasteiger partial charge in [-0.25, -0.2) is 0 Å². The minimum Gasteiger partial charge on any atom is -0.504 e. The molecule has 0 saturated carbocycles. The van der Waals surface area contributed by atoms with Crippen LogP contribution in [0.1, 0.15) is 10.4 Å². The first-order valence-corrected chi connectivity index (χ1v) is 4.76. The molecule has 80 valence electrons. The van der Waals surface area contributed by atoms with E-state index in [4.69, 9.17) is 10.5 Å². The average molecular weight is 274 g/mol. The van der Waals surface area contributed by atoms with Gasteiger partial charge in [0.1, 0.15) is 0 Å². The summed E-state index contributed by atoms with van der Waals surface area (Å²) < 4.78 is 5.23. The summed E-state index contributed by atoms with van der Waals surface area (Å²) >= 11 is 3.11. The van der Waals surface area contributed by atoms with Gasteiger partial charge in [0.2, 0.25) is 0 Å². The molecule has 6 heteroatoms. The lowest BCUT2D eigenvalue weighted by Crippen LogP contribution is -2.19. The van der Waals surface area contributed by atoms with Crippen LogP contribution in [-0.2, 0) is 4.79 Å². The molecule has 0 aliphatic heterocycles. The van der Waals surface area contributed by atoms with E-state index in [2.05, 4.69) is 15.9 Å². The van der Waals surface area contributed by atoms with E-state index in [0.29, 0.717) is 10.8 Å². The lowest BCUT2D eigenvalue weighted by atomic mass is 10.2. The Balaban J connectivity index is 3.11. The van der Waals surface area contributed by atoms with E-state index < -0.39 is 5.97 Å². The Morgan fingerprint density at radius 1 is 1.60 bits per heavy atom. The van der Waals surface area contributed by atoms with Crippen molar-refractivity contribution in [3.05, 3.63) is 22.2 Å². The molecule has 0 heterocycles. The minimum atomic E-state index is -0.694. The summed E-state index contributed by atoms with van der Waals surface area (Å²) in [5.74, 6) is -1.17. The second kappa shape index (κ2) is 4.90. The van der Waals surface area contributed by atoms with Gasteiger partial charge in [-0.2, -0.15) is 0 Å². The van der Waals surface area contributed by atoms with Gasteiger partial charge in [-0.1, -0.05) is 15.9 Å². The molecule has 1 rings (SSSR count). The fraction of sp³-hybridized carbons (Fsp3) is 0.111. The van der Waals surface area contributed by atoms with E-state index in [0.717, 1.165) is 0 Å². The summed E-state index contributed by atoms with van der Waals surface area (Å²) in [7, 11) is 0. The summed E-state index contributed by atoms with van der Waals surface area (Å²) in [6.45, 7) is -0.303. The molecule has 0 aliphatic rings. The molecule has 0 fully saturated rings. The van der Waals surface area contributed by atoms with E-state index in [9.17, 15) is 14.7 Å². The molecule has 0 aliphatic carbocycles. The molecule has 0 radical (unpaired) electrons. The summed E-state index contributed by atoms with van der Waals surface area (Å²) in [5, 5.41) is 9.49. The normalized spacial score (nSPS) is 9.73. The highest BCUT2D eigenvalue weighted by atomic mass is 79.9. The van der Waals surface area contributed by atoms with Crippen LogP contribution in [0.5, 0.6) is 11.5 Å². The number of hydrogen-bond acceptors (Lipinski definition) is 5. The summed E-state index contributed by atoms with van der Waals surface area (Å²) in [6, 6.07) is 2.78. The predicted molar refractivity (Wildman–Crippen MR) is 55.9 cm³/mol. The fourth-order valence-corrected chi connectivity index (χ4v) is 1.38. The number of carbonyl (C=O) groups is 2. The lowest BCUT2D eigenvalue weighted by Gasteiger charge is -2.07. The number of phenolic OH excluding ortho intramolecular Hbond substituents is 1. The molecular formula is C9H8BrNO4. The Morgan fingerprint density at radius 2 is 2.27 bits per heavy atom. The third kappa shape index (κ3) is 2.77. The van der Waals surface area contributed by atoms with Crippen LogP contribution in [-0.4, -0.2) is 23.9 Å². The van der Waals surface area contributed by atoms with Crippen LogP contribution in [0.3, 0.4) is 0 Å². The van der Waals surface area contributed by atoms with Crippen molar-refractivity contribution in [2.24, 2.45) is 5.73 Å². The van der Waals surface area contributed by atoms with Gasteiger partial charge in [0.15, 0.2) is 17.8 Å². The van der Waals surface area contributed by atoms with Crippen molar-refractivity contribution in [3.63, 3.8) is 0 Å². The quantitative estimate of drug-likeness (QED) is 0.484. The van der Waals surface area contributed by atoms with Crippen molar-refractivity contribution >= 4 is 28.2 Å². The Labute approximate surface area is 94.0 Å². The number of hydrogen-bond donors (Lipinski definition) is 2. The molecule has 3 N–H and O–H groups in total. The van der Waals surface area contributed by atoms with Crippen LogP contribution in [0.15, 0.2) is 16.6 Å². The maximum absolute atomic E-state index is 10.9. The maximum atomic E-state index is 10.9. The number of aromatic hydroxyl groups is 1. The van der Waals surface area contributed by atoms with Crippen LogP contribution in [0.4, 0.5) is 0 Å². The largest absolute Gasteiger partial charge is 0.504 e. The van der Waals surface area contributed by atoms with Crippen molar-refractivity contribution in [1.82, 2.24) is 0 Å². The van der Waals surface area contributed by atoms with Crippen molar-refractivity contribution in [3.8, 4) is 11.5 Å². The SMILES string of the molecule is NCC(=O)Oc1cc(Br)cc(C=O)c1O. The van der Waals surface area contributed by atoms with Crippen LogP contribution in [0, 0.1) is 0 Å². The van der Waals surface area contributed by atoms with Gasteiger partial charge >= 0.3 is 5.97 Å².